The van der Waals surface area contributed by atoms with Gasteiger partial charge in [0.25, 0.3) is 0 Å². The first-order valence-corrected chi connectivity index (χ1v) is 10.1. The van der Waals surface area contributed by atoms with E-state index in [1.807, 2.05) is 12.1 Å². The second-order valence-electron chi connectivity index (χ2n) is 7.51. The molecule has 2 aliphatic rings. The van der Waals surface area contributed by atoms with Crippen LogP contribution in [0.15, 0.2) is 42.6 Å². The number of halogens is 1. The lowest BCUT2D eigenvalue weighted by Crippen LogP contribution is -2.47. The summed E-state index contributed by atoms with van der Waals surface area (Å²) in [5, 5.41) is 3.09. The van der Waals surface area contributed by atoms with E-state index < -0.39 is 5.41 Å². The monoisotopic (exact) mass is 399 g/mol. The molecule has 0 unspecified atom stereocenters. The second-order valence-corrected chi connectivity index (χ2v) is 7.51. The molecule has 2 aliphatic heterocycles. The van der Waals surface area contributed by atoms with Gasteiger partial charge in [0.2, 0.25) is 5.91 Å². The van der Waals surface area contributed by atoms with Gasteiger partial charge < -0.3 is 19.7 Å². The smallest absolute Gasteiger partial charge is 0.231 e. The van der Waals surface area contributed by atoms with Crippen molar-refractivity contribution < 1.29 is 18.7 Å². The zero-order valence-electron chi connectivity index (χ0n) is 16.4. The van der Waals surface area contributed by atoms with E-state index >= 15 is 0 Å². The number of nitrogens with one attached hydrogen (secondary N) is 1. The highest BCUT2D eigenvalue weighted by Gasteiger charge is 2.41. The Morgan fingerprint density at radius 2 is 1.76 bits per heavy atom. The first-order chi connectivity index (χ1) is 14.2. The number of amides is 1. The number of aromatic nitrogens is 1. The molecule has 1 aromatic carbocycles. The SMILES string of the molecule is O=C(NCc1ccnc(N2CCOCC2)c1)C1(c2ccc(F)cc2)CCOCC1. The van der Waals surface area contributed by atoms with Crippen molar-refractivity contribution in [2.75, 3.05) is 44.4 Å². The molecule has 29 heavy (non-hydrogen) atoms. The third kappa shape index (κ3) is 4.41. The molecular formula is C22H26FN3O3. The van der Waals surface area contributed by atoms with Crippen molar-refractivity contribution in [3.05, 3.63) is 59.5 Å². The predicted molar refractivity (Wildman–Crippen MR) is 107 cm³/mol. The van der Waals surface area contributed by atoms with Crippen molar-refractivity contribution >= 4 is 11.7 Å². The molecule has 1 N–H and O–H groups in total. The summed E-state index contributed by atoms with van der Waals surface area (Å²) in [6.07, 6.45) is 2.94. The fourth-order valence-electron chi connectivity index (χ4n) is 4.02. The number of hydrogen-bond acceptors (Lipinski definition) is 5. The number of anilines is 1. The van der Waals surface area contributed by atoms with Crippen molar-refractivity contribution in [2.45, 2.75) is 24.8 Å². The number of rotatable bonds is 5. The van der Waals surface area contributed by atoms with Crippen molar-refractivity contribution in [2.24, 2.45) is 0 Å². The summed E-state index contributed by atoms with van der Waals surface area (Å²) in [5.41, 5.74) is 1.14. The minimum Gasteiger partial charge on any atom is -0.381 e. The van der Waals surface area contributed by atoms with Crippen LogP contribution in [0.5, 0.6) is 0 Å². The molecule has 1 amide bonds. The summed E-state index contributed by atoms with van der Waals surface area (Å²) in [4.78, 5) is 19.9. The minimum absolute atomic E-state index is 0.0443. The predicted octanol–water partition coefficient (Wildman–Crippen LogP) is 2.42. The number of pyridine rings is 1. The highest BCUT2D eigenvalue weighted by Crippen LogP contribution is 2.35. The van der Waals surface area contributed by atoms with Gasteiger partial charge in [-0.15, -0.1) is 0 Å². The maximum absolute atomic E-state index is 13.4. The molecule has 2 fully saturated rings. The van der Waals surface area contributed by atoms with E-state index in [0.717, 1.165) is 30.0 Å². The van der Waals surface area contributed by atoms with Gasteiger partial charge in [-0.3, -0.25) is 4.79 Å². The third-order valence-corrected chi connectivity index (χ3v) is 5.78. The lowest BCUT2D eigenvalue weighted by molar-refractivity contribution is -0.130. The Bertz CT molecular complexity index is 831. The Morgan fingerprint density at radius 3 is 2.48 bits per heavy atom. The number of benzene rings is 1. The molecule has 0 saturated carbocycles. The van der Waals surface area contributed by atoms with E-state index in [0.29, 0.717) is 45.8 Å². The summed E-state index contributed by atoms with van der Waals surface area (Å²) in [7, 11) is 0. The van der Waals surface area contributed by atoms with Crippen LogP contribution in [0.3, 0.4) is 0 Å². The van der Waals surface area contributed by atoms with Gasteiger partial charge in [0.15, 0.2) is 0 Å². The molecule has 0 bridgehead atoms. The van der Waals surface area contributed by atoms with Crippen molar-refractivity contribution in [3.8, 4) is 0 Å². The number of morpholine rings is 1. The molecule has 1 aromatic heterocycles. The highest BCUT2D eigenvalue weighted by atomic mass is 19.1. The number of nitrogens with zero attached hydrogens (tertiary/aromatic N) is 2. The van der Waals surface area contributed by atoms with Gasteiger partial charge >= 0.3 is 0 Å². The molecule has 154 valence electrons. The normalized spacial score (nSPS) is 19.0. The van der Waals surface area contributed by atoms with Gasteiger partial charge in [-0.1, -0.05) is 12.1 Å². The van der Waals surface area contributed by atoms with E-state index in [1.165, 1.54) is 12.1 Å². The Balaban J connectivity index is 1.48. The fraction of sp³-hybridized carbons (Fsp3) is 0.455. The van der Waals surface area contributed by atoms with Gasteiger partial charge in [-0.2, -0.15) is 0 Å². The maximum atomic E-state index is 13.4. The van der Waals surface area contributed by atoms with E-state index in [4.69, 9.17) is 9.47 Å². The minimum atomic E-state index is -0.688. The van der Waals surface area contributed by atoms with E-state index in [-0.39, 0.29) is 11.7 Å². The number of ether oxygens (including phenoxy) is 2. The molecule has 4 rings (SSSR count). The van der Waals surface area contributed by atoms with Crippen LogP contribution < -0.4 is 10.2 Å². The number of hydrogen-bond donors (Lipinski definition) is 1. The Labute approximate surface area is 170 Å². The molecule has 2 saturated heterocycles. The number of carbonyl (C=O) groups is 1. The number of carbonyl (C=O) groups excluding carboxylic acids is 1. The van der Waals surface area contributed by atoms with Gasteiger partial charge in [0.05, 0.1) is 18.6 Å². The molecule has 7 heteroatoms. The Kier molecular flexibility index (Phi) is 6.06. The van der Waals surface area contributed by atoms with E-state index in [2.05, 4.69) is 15.2 Å². The zero-order chi connectivity index (χ0) is 20.1. The van der Waals surface area contributed by atoms with Crippen LogP contribution in [0.4, 0.5) is 10.2 Å². The standard InChI is InChI=1S/C22H26FN3O3/c23-19-3-1-18(2-4-19)22(6-11-28-12-7-22)21(27)25-16-17-5-8-24-20(15-17)26-9-13-29-14-10-26/h1-5,8,15H,6-7,9-14,16H2,(H,25,27). The first-order valence-electron chi connectivity index (χ1n) is 10.1. The molecule has 2 aromatic rings. The van der Waals surface area contributed by atoms with Crippen molar-refractivity contribution in [1.82, 2.24) is 10.3 Å². The molecule has 0 aliphatic carbocycles. The second kappa shape index (κ2) is 8.88. The molecule has 3 heterocycles. The lowest BCUT2D eigenvalue weighted by atomic mass is 9.73. The Morgan fingerprint density at radius 1 is 1.07 bits per heavy atom. The molecular weight excluding hydrogens is 373 g/mol. The molecule has 0 atom stereocenters. The van der Waals surface area contributed by atoms with Gasteiger partial charge in [0, 0.05) is 39.0 Å². The van der Waals surface area contributed by atoms with Crippen LogP contribution in [0.2, 0.25) is 0 Å². The molecule has 0 radical (unpaired) electrons. The summed E-state index contributed by atoms with van der Waals surface area (Å²) in [5.74, 6) is 0.556. The van der Waals surface area contributed by atoms with Crippen molar-refractivity contribution in [1.29, 1.82) is 0 Å². The van der Waals surface area contributed by atoms with Crippen LogP contribution in [0, 0.1) is 5.82 Å². The highest BCUT2D eigenvalue weighted by molar-refractivity contribution is 5.88. The average Bonchev–Trinajstić information content (AvgIpc) is 2.79. The summed E-state index contributed by atoms with van der Waals surface area (Å²) < 4.78 is 24.3. The molecule has 0 spiro atoms. The zero-order valence-corrected chi connectivity index (χ0v) is 16.4. The first kappa shape index (κ1) is 19.8. The molecule has 6 nitrogen and oxygen atoms in total. The van der Waals surface area contributed by atoms with Crippen LogP contribution in [0.1, 0.15) is 24.0 Å². The van der Waals surface area contributed by atoms with Crippen LogP contribution in [0.25, 0.3) is 0 Å². The maximum Gasteiger partial charge on any atom is 0.231 e. The van der Waals surface area contributed by atoms with Gasteiger partial charge in [-0.05, 0) is 48.2 Å². The summed E-state index contributed by atoms with van der Waals surface area (Å²) >= 11 is 0. The van der Waals surface area contributed by atoms with E-state index in [1.54, 1.807) is 18.3 Å². The van der Waals surface area contributed by atoms with E-state index in [9.17, 15) is 9.18 Å². The quantitative estimate of drug-likeness (QED) is 0.837. The van der Waals surface area contributed by atoms with Crippen molar-refractivity contribution in [3.63, 3.8) is 0 Å². The third-order valence-electron chi connectivity index (χ3n) is 5.78. The summed E-state index contributed by atoms with van der Waals surface area (Å²) in [6, 6.07) is 10.2. The van der Waals surface area contributed by atoms with Gasteiger partial charge in [-0.25, -0.2) is 9.37 Å². The fourth-order valence-corrected chi connectivity index (χ4v) is 4.02. The van der Waals surface area contributed by atoms with Gasteiger partial charge in [0.1, 0.15) is 11.6 Å². The summed E-state index contributed by atoms with van der Waals surface area (Å²) in [6.45, 7) is 4.48. The Hall–Kier alpha value is -2.51. The van der Waals surface area contributed by atoms with Crippen LogP contribution in [-0.4, -0.2) is 50.4 Å². The topological polar surface area (TPSA) is 63.7 Å². The average molecular weight is 399 g/mol. The largest absolute Gasteiger partial charge is 0.381 e. The van der Waals surface area contributed by atoms with Crippen LogP contribution >= 0.6 is 0 Å². The van der Waals surface area contributed by atoms with Crippen LogP contribution in [-0.2, 0) is 26.2 Å². The lowest BCUT2D eigenvalue weighted by Gasteiger charge is -2.36.